The maximum Gasteiger partial charge on any atom is 0.310 e. The van der Waals surface area contributed by atoms with Gasteiger partial charge in [0, 0.05) is 25.6 Å². The molecule has 5 heteroatoms. The smallest absolute Gasteiger partial charge is 0.310 e. The van der Waals surface area contributed by atoms with E-state index in [1.807, 2.05) is 13.8 Å². The van der Waals surface area contributed by atoms with Gasteiger partial charge in [-0.25, -0.2) is 0 Å². The molecular formula is C13H24N2O3. The molecule has 0 aromatic heterocycles. The first kappa shape index (κ1) is 15.0. The molecule has 0 bridgehead atoms. The van der Waals surface area contributed by atoms with Crippen LogP contribution in [0.2, 0.25) is 0 Å². The van der Waals surface area contributed by atoms with Crippen LogP contribution in [0.4, 0.5) is 0 Å². The van der Waals surface area contributed by atoms with E-state index in [0.717, 1.165) is 12.8 Å². The monoisotopic (exact) mass is 256 g/mol. The highest BCUT2D eigenvalue weighted by molar-refractivity contribution is 5.85. The third-order valence-corrected chi connectivity index (χ3v) is 4.09. The molecule has 0 aromatic rings. The molecule has 1 saturated heterocycles. The van der Waals surface area contributed by atoms with Crippen molar-refractivity contribution in [1.82, 2.24) is 4.90 Å². The summed E-state index contributed by atoms with van der Waals surface area (Å²) in [4.78, 5) is 25.2. The lowest BCUT2D eigenvalue weighted by atomic mass is 9.76. The van der Waals surface area contributed by atoms with E-state index in [1.165, 1.54) is 0 Å². The molecule has 18 heavy (non-hydrogen) atoms. The van der Waals surface area contributed by atoms with Crippen LogP contribution < -0.4 is 5.73 Å². The zero-order valence-electron chi connectivity index (χ0n) is 11.5. The Morgan fingerprint density at radius 3 is 2.56 bits per heavy atom. The van der Waals surface area contributed by atoms with E-state index in [9.17, 15) is 14.7 Å². The van der Waals surface area contributed by atoms with Gasteiger partial charge in [-0.15, -0.1) is 0 Å². The molecule has 5 nitrogen and oxygen atoms in total. The number of carboxylic acid groups (broad SMARTS) is 1. The number of piperidine rings is 1. The summed E-state index contributed by atoms with van der Waals surface area (Å²) in [5.41, 5.74) is 4.83. The number of carbonyl (C=O) groups excluding carboxylic acids is 1. The minimum atomic E-state index is -1.00. The molecule has 3 N–H and O–H groups in total. The quantitative estimate of drug-likeness (QED) is 0.788. The van der Waals surface area contributed by atoms with Crippen LogP contribution in [0, 0.1) is 11.3 Å². The van der Waals surface area contributed by atoms with Crippen molar-refractivity contribution >= 4 is 11.9 Å². The van der Waals surface area contributed by atoms with Gasteiger partial charge in [0.05, 0.1) is 5.41 Å². The third-order valence-electron chi connectivity index (χ3n) is 4.09. The maximum atomic E-state index is 12.2. The minimum Gasteiger partial charge on any atom is -0.481 e. The van der Waals surface area contributed by atoms with E-state index in [1.54, 1.807) is 11.8 Å². The molecule has 0 radical (unpaired) electrons. The Labute approximate surface area is 108 Å². The molecule has 0 spiro atoms. The number of rotatable bonds is 4. The fourth-order valence-electron chi connectivity index (χ4n) is 2.19. The second-order valence-corrected chi connectivity index (χ2v) is 5.80. The summed E-state index contributed by atoms with van der Waals surface area (Å²) in [7, 11) is 0. The fraction of sp³-hybridized carbons (Fsp3) is 0.846. The van der Waals surface area contributed by atoms with Gasteiger partial charge in [-0.2, -0.15) is 0 Å². The van der Waals surface area contributed by atoms with Crippen molar-refractivity contribution in [3.63, 3.8) is 0 Å². The van der Waals surface area contributed by atoms with Crippen LogP contribution in [-0.4, -0.2) is 41.0 Å². The molecule has 1 amide bonds. The Balaban J connectivity index is 2.70. The van der Waals surface area contributed by atoms with Gasteiger partial charge in [0.25, 0.3) is 0 Å². The fourth-order valence-corrected chi connectivity index (χ4v) is 2.19. The van der Waals surface area contributed by atoms with Crippen molar-refractivity contribution in [2.45, 2.75) is 46.1 Å². The summed E-state index contributed by atoms with van der Waals surface area (Å²) in [6.07, 6.45) is 1.88. The summed E-state index contributed by atoms with van der Waals surface area (Å²) in [5.74, 6) is -1.09. The molecule has 2 atom stereocenters. The second-order valence-electron chi connectivity index (χ2n) is 5.80. The molecule has 1 aliphatic heterocycles. The Morgan fingerprint density at radius 1 is 1.50 bits per heavy atom. The summed E-state index contributed by atoms with van der Waals surface area (Å²) in [6.45, 7) is 6.56. The molecule has 1 heterocycles. The Kier molecular flexibility index (Phi) is 4.73. The number of amides is 1. The number of hydrogen-bond donors (Lipinski definition) is 2. The second kappa shape index (κ2) is 5.69. The van der Waals surface area contributed by atoms with Gasteiger partial charge in [-0.05, 0) is 25.7 Å². The third kappa shape index (κ3) is 3.22. The van der Waals surface area contributed by atoms with Crippen molar-refractivity contribution < 1.29 is 14.7 Å². The lowest BCUT2D eigenvalue weighted by Crippen LogP contribution is -2.48. The van der Waals surface area contributed by atoms with E-state index < -0.39 is 11.4 Å². The number of carbonyl (C=O) groups is 2. The van der Waals surface area contributed by atoms with Gasteiger partial charge in [-0.1, -0.05) is 13.8 Å². The highest BCUT2D eigenvalue weighted by atomic mass is 16.4. The van der Waals surface area contributed by atoms with Crippen LogP contribution >= 0.6 is 0 Å². The zero-order chi connectivity index (χ0) is 13.9. The number of carboxylic acids is 1. The van der Waals surface area contributed by atoms with Crippen molar-refractivity contribution in [3.8, 4) is 0 Å². The highest BCUT2D eigenvalue weighted by Gasteiger charge is 2.40. The van der Waals surface area contributed by atoms with Crippen LogP contribution in [0.25, 0.3) is 0 Å². The van der Waals surface area contributed by atoms with Gasteiger partial charge in [0.1, 0.15) is 0 Å². The van der Waals surface area contributed by atoms with Crippen molar-refractivity contribution in [2.24, 2.45) is 17.1 Å². The molecule has 0 saturated carbocycles. The Morgan fingerprint density at radius 2 is 2.11 bits per heavy atom. The molecule has 0 aromatic carbocycles. The number of nitrogens with zero attached hydrogens (tertiary/aromatic N) is 1. The number of nitrogens with two attached hydrogens (primary N) is 1. The normalized spacial score (nSPS) is 23.8. The highest BCUT2D eigenvalue weighted by Crippen LogP contribution is 2.32. The topological polar surface area (TPSA) is 83.6 Å². The first-order valence-corrected chi connectivity index (χ1v) is 6.54. The average Bonchev–Trinajstić information content (AvgIpc) is 2.28. The first-order valence-electron chi connectivity index (χ1n) is 6.54. The number of likely N-dealkylation sites (tertiary alicyclic amines) is 1. The van der Waals surface area contributed by atoms with Crippen LogP contribution in [-0.2, 0) is 9.59 Å². The van der Waals surface area contributed by atoms with E-state index in [4.69, 9.17) is 5.73 Å². The Hall–Kier alpha value is -1.10. The van der Waals surface area contributed by atoms with Crippen molar-refractivity contribution in [1.29, 1.82) is 0 Å². The van der Waals surface area contributed by atoms with Gasteiger partial charge in [0.2, 0.25) is 5.91 Å². The number of aliphatic carboxylic acids is 1. The summed E-state index contributed by atoms with van der Waals surface area (Å²) in [6, 6.07) is 0.0258. The van der Waals surface area contributed by atoms with E-state index in [0.29, 0.717) is 13.1 Å². The SMILES string of the molecule is CC(C)C(C)(CC(=O)N1CCCC(N)C1)C(=O)O. The van der Waals surface area contributed by atoms with Gasteiger partial charge < -0.3 is 15.7 Å². The largest absolute Gasteiger partial charge is 0.481 e. The summed E-state index contributed by atoms with van der Waals surface area (Å²) >= 11 is 0. The molecule has 1 aliphatic rings. The molecule has 1 rings (SSSR count). The van der Waals surface area contributed by atoms with Gasteiger partial charge in [-0.3, -0.25) is 9.59 Å². The predicted octanol–water partition coefficient (Wildman–Crippen LogP) is 1.07. The van der Waals surface area contributed by atoms with E-state index in [2.05, 4.69) is 0 Å². The molecule has 1 fully saturated rings. The molecule has 2 unspecified atom stereocenters. The molecular weight excluding hydrogens is 232 g/mol. The van der Waals surface area contributed by atoms with Gasteiger partial charge >= 0.3 is 5.97 Å². The van der Waals surface area contributed by atoms with Crippen LogP contribution in [0.3, 0.4) is 0 Å². The van der Waals surface area contributed by atoms with Crippen LogP contribution in [0.15, 0.2) is 0 Å². The standard InChI is InChI=1S/C13H24N2O3/c1-9(2)13(3,12(17)18)7-11(16)15-6-4-5-10(14)8-15/h9-10H,4-8,14H2,1-3H3,(H,17,18). The molecule has 104 valence electrons. The van der Waals surface area contributed by atoms with E-state index >= 15 is 0 Å². The number of hydrogen-bond acceptors (Lipinski definition) is 3. The summed E-state index contributed by atoms with van der Waals surface area (Å²) < 4.78 is 0. The van der Waals surface area contributed by atoms with Crippen LogP contribution in [0.1, 0.15) is 40.0 Å². The Bertz CT molecular complexity index is 330. The average molecular weight is 256 g/mol. The zero-order valence-corrected chi connectivity index (χ0v) is 11.5. The van der Waals surface area contributed by atoms with Crippen LogP contribution in [0.5, 0.6) is 0 Å². The minimum absolute atomic E-state index is 0.0258. The maximum absolute atomic E-state index is 12.2. The first-order chi connectivity index (χ1) is 8.27. The van der Waals surface area contributed by atoms with Crippen molar-refractivity contribution in [2.75, 3.05) is 13.1 Å². The lowest BCUT2D eigenvalue weighted by Gasteiger charge is -2.35. The summed E-state index contributed by atoms with van der Waals surface area (Å²) in [5, 5.41) is 9.31. The molecule has 0 aliphatic carbocycles. The van der Waals surface area contributed by atoms with Crippen molar-refractivity contribution in [3.05, 3.63) is 0 Å². The van der Waals surface area contributed by atoms with Gasteiger partial charge in [0.15, 0.2) is 0 Å². The predicted molar refractivity (Wildman–Crippen MR) is 69.0 cm³/mol. The lowest BCUT2D eigenvalue weighted by molar-refractivity contribution is -0.155. The van der Waals surface area contributed by atoms with E-state index in [-0.39, 0.29) is 24.3 Å².